The van der Waals surface area contributed by atoms with Crippen molar-refractivity contribution in [3.05, 3.63) is 102 Å². The monoisotopic (exact) mass is 538 g/mol. The quantitative estimate of drug-likeness (QED) is 0.358. The molecule has 0 aromatic heterocycles. The molecule has 8 nitrogen and oxygen atoms in total. The number of aliphatic hydroxyl groups is 1. The summed E-state index contributed by atoms with van der Waals surface area (Å²) in [5, 5.41) is 13.8. The maximum Gasteiger partial charge on any atom is 0.414 e. The van der Waals surface area contributed by atoms with Crippen molar-refractivity contribution in [2.24, 2.45) is 5.92 Å². The van der Waals surface area contributed by atoms with Crippen LogP contribution >= 0.6 is 0 Å². The van der Waals surface area contributed by atoms with Gasteiger partial charge in [-0.15, -0.1) is 0 Å². The van der Waals surface area contributed by atoms with E-state index in [1.54, 1.807) is 72.8 Å². The van der Waals surface area contributed by atoms with Crippen molar-refractivity contribution in [3.63, 3.8) is 0 Å². The summed E-state index contributed by atoms with van der Waals surface area (Å²) in [6.45, 7) is 3.37. The molecule has 0 fully saturated rings. The molecule has 9 heteroatoms. The molecule has 0 aliphatic heterocycles. The normalized spacial score (nSPS) is 13.2. The second-order valence-corrected chi connectivity index (χ2v) is 11.5. The molecule has 0 aliphatic carbocycles. The summed E-state index contributed by atoms with van der Waals surface area (Å²) in [4.78, 5) is 25.8. The van der Waals surface area contributed by atoms with Crippen LogP contribution in [0.5, 0.6) is 0 Å². The first-order chi connectivity index (χ1) is 18.1. The Bertz CT molecular complexity index is 1280. The molecule has 3 aromatic rings. The first-order valence-electron chi connectivity index (χ1n) is 12.4. The van der Waals surface area contributed by atoms with E-state index in [2.05, 4.69) is 5.32 Å². The Balaban J connectivity index is 1.87. The van der Waals surface area contributed by atoms with Crippen molar-refractivity contribution in [2.45, 2.75) is 43.8 Å². The third-order valence-corrected chi connectivity index (χ3v) is 7.82. The van der Waals surface area contributed by atoms with Crippen LogP contribution in [-0.2, 0) is 32.6 Å². The number of imide groups is 1. The van der Waals surface area contributed by atoms with Gasteiger partial charge in [0, 0.05) is 13.0 Å². The van der Waals surface area contributed by atoms with E-state index in [4.69, 9.17) is 4.74 Å². The second kappa shape index (κ2) is 13.3. The summed E-state index contributed by atoms with van der Waals surface area (Å²) in [6.07, 6.45) is -0.743. The van der Waals surface area contributed by atoms with Crippen LogP contribution in [0.3, 0.4) is 0 Å². The van der Waals surface area contributed by atoms with Crippen molar-refractivity contribution in [1.82, 2.24) is 9.62 Å². The van der Waals surface area contributed by atoms with Gasteiger partial charge in [0.15, 0.2) is 5.60 Å². The molecule has 0 heterocycles. The van der Waals surface area contributed by atoms with Crippen LogP contribution in [0.4, 0.5) is 4.79 Å². The average Bonchev–Trinajstić information content (AvgIpc) is 2.91. The lowest BCUT2D eigenvalue weighted by Crippen LogP contribution is -2.57. The van der Waals surface area contributed by atoms with Gasteiger partial charge in [-0.3, -0.25) is 10.1 Å². The van der Waals surface area contributed by atoms with Crippen molar-refractivity contribution >= 4 is 22.0 Å². The molecule has 2 amide bonds. The third-order valence-electron chi connectivity index (χ3n) is 5.97. The fourth-order valence-corrected chi connectivity index (χ4v) is 5.36. The Morgan fingerprint density at radius 3 is 1.97 bits per heavy atom. The minimum atomic E-state index is -4.05. The number of alkyl carbamates (subject to hydrolysis) is 1. The summed E-state index contributed by atoms with van der Waals surface area (Å²) < 4.78 is 33.4. The zero-order valence-corrected chi connectivity index (χ0v) is 22.4. The number of rotatable bonds is 12. The predicted molar refractivity (Wildman–Crippen MR) is 145 cm³/mol. The molecule has 202 valence electrons. The lowest BCUT2D eigenvalue weighted by molar-refractivity contribution is -0.140. The molecule has 0 saturated carbocycles. The predicted octanol–water partition coefficient (Wildman–Crippen LogP) is 4.15. The van der Waals surface area contributed by atoms with Gasteiger partial charge in [-0.2, -0.15) is 4.31 Å². The Labute approximate surface area is 224 Å². The second-order valence-electron chi connectivity index (χ2n) is 9.54. The van der Waals surface area contributed by atoms with Crippen LogP contribution in [-0.4, -0.2) is 48.5 Å². The van der Waals surface area contributed by atoms with Crippen molar-refractivity contribution < 1.29 is 27.9 Å². The standard InChI is InChI=1S/C29H34N2O6S/c1-23(2)18-19-31(38(35,36)26-16-10-5-11-17-26)22-29(34,20-24-12-6-3-7-13-24)27(32)30-28(33)37-21-25-14-8-4-9-15-25/h3-17,23,34H,18-22H2,1-2H3,(H,30,32,33)/t29-/m1/s1. The van der Waals surface area contributed by atoms with Crippen LogP contribution in [0.2, 0.25) is 0 Å². The van der Waals surface area contributed by atoms with Gasteiger partial charge < -0.3 is 9.84 Å². The molecule has 1 atom stereocenters. The molecule has 0 bridgehead atoms. The molecule has 0 aliphatic rings. The van der Waals surface area contributed by atoms with Crippen LogP contribution in [0.25, 0.3) is 0 Å². The zero-order valence-electron chi connectivity index (χ0n) is 21.6. The summed E-state index contributed by atoms with van der Waals surface area (Å²) in [7, 11) is -4.05. The highest BCUT2D eigenvalue weighted by Crippen LogP contribution is 2.23. The number of amides is 2. The number of nitrogens with one attached hydrogen (secondary N) is 1. The van der Waals surface area contributed by atoms with Gasteiger partial charge in [0.1, 0.15) is 6.61 Å². The molecular weight excluding hydrogens is 504 g/mol. The number of nitrogens with zero attached hydrogens (tertiary/aromatic N) is 1. The van der Waals surface area contributed by atoms with Gasteiger partial charge in [-0.1, -0.05) is 92.7 Å². The van der Waals surface area contributed by atoms with E-state index in [0.717, 1.165) is 9.87 Å². The van der Waals surface area contributed by atoms with Crippen LogP contribution in [0.15, 0.2) is 95.9 Å². The van der Waals surface area contributed by atoms with E-state index in [0.29, 0.717) is 12.0 Å². The number of sulfonamides is 1. The topological polar surface area (TPSA) is 113 Å². The minimum absolute atomic E-state index is 0.0495. The Morgan fingerprint density at radius 1 is 0.895 bits per heavy atom. The van der Waals surface area contributed by atoms with E-state index in [-0.39, 0.29) is 30.4 Å². The minimum Gasteiger partial charge on any atom is -0.444 e. The van der Waals surface area contributed by atoms with Crippen LogP contribution in [0.1, 0.15) is 31.4 Å². The van der Waals surface area contributed by atoms with Crippen molar-refractivity contribution in [1.29, 1.82) is 0 Å². The molecule has 3 rings (SSSR count). The number of ether oxygens (including phenoxy) is 1. The van der Waals surface area contributed by atoms with E-state index in [1.165, 1.54) is 12.1 Å². The van der Waals surface area contributed by atoms with Gasteiger partial charge >= 0.3 is 6.09 Å². The van der Waals surface area contributed by atoms with E-state index in [9.17, 15) is 23.1 Å². The summed E-state index contributed by atoms with van der Waals surface area (Å²) in [5.74, 6) is -0.871. The maximum atomic E-state index is 13.6. The number of carbonyl (C=O) groups is 2. The summed E-state index contributed by atoms with van der Waals surface area (Å²) in [5.41, 5.74) is -0.932. The van der Waals surface area contributed by atoms with Gasteiger partial charge in [-0.25, -0.2) is 13.2 Å². The lowest BCUT2D eigenvalue weighted by atomic mass is 9.93. The number of benzene rings is 3. The Kier molecular flexibility index (Phi) is 10.2. The van der Waals surface area contributed by atoms with E-state index >= 15 is 0 Å². The smallest absolute Gasteiger partial charge is 0.414 e. The highest BCUT2D eigenvalue weighted by molar-refractivity contribution is 7.89. The third kappa shape index (κ3) is 8.24. The average molecular weight is 539 g/mol. The highest BCUT2D eigenvalue weighted by Gasteiger charge is 2.42. The fourth-order valence-electron chi connectivity index (χ4n) is 3.83. The van der Waals surface area contributed by atoms with Gasteiger partial charge in [0.25, 0.3) is 5.91 Å². The van der Waals surface area contributed by atoms with Crippen molar-refractivity contribution in [2.75, 3.05) is 13.1 Å². The molecule has 38 heavy (non-hydrogen) atoms. The van der Waals surface area contributed by atoms with Gasteiger partial charge in [0.2, 0.25) is 10.0 Å². The Morgan fingerprint density at radius 2 is 1.42 bits per heavy atom. The Hall–Kier alpha value is -3.53. The lowest BCUT2D eigenvalue weighted by Gasteiger charge is -2.33. The maximum absolute atomic E-state index is 13.6. The number of hydrogen-bond acceptors (Lipinski definition) is 6. The summed E-state index contributed by atoms with van der Waals surface area (Å²) in [6, 6.07) is 25.5. The van der Waals surface area contributed by atoms with E-state index < -0.39 is 34.2 Å². The first-order valence-corrected chi connectivity index (χ1v) is 13.9. The largest absolute Gasteiger partial charge is 0.444 e. The molecule has 0 unspecified atom stereocenters. The SMILES string of the molecule is CC(C)CCN(C[C@](O)(Cc1ccccc1)C(=O)NC(=O)OCc1ccccc1)S(=O)(=O)c1ccccc1. The molecule has 0 radical (unpaired) electrons. The number of carbonyl (C=O) groups excluding carboxylic acids is 2. The first kappa shape index (κ1) is 29.0. The van der Waals surface area contributed by atoms with Gasteiger partial charge in [0.05, 0.1) is 11.4 Å². The van der Waals surface area contributed by atoms with Gasteiger partial charge in [-0.05, 0) is 35.6 Å². The number of hydrogen-bond donors (Lipinski definition) is 2. The van der Waals surface area contributed by atoms with Crippen molar-refractivity contribution in [3.8, 4) is 0 Å². The molecule has 0 spiro atoms. The van der Waals surface area contributed by atoms with E-state index in [1.807, 2.05) is 19.9 Å². The fraction of sp³-hybridized carbons (Fsp3) is 0.310. The molecule has 0 saturated heterocycles. The van der Waals surface area contributed by atoms with Crippen LogP contribution in [0, 0.1) is 5.92 Å². The highest BCUT2D eigenvalue weighted by atomic mass is 32.2. The summed E-state index contributed by atoms with van der Waals surface area (Å²) >= 11 is 0. The molecule has 2 N–H and O–H groups in total. The zero-order chi connectivity index (χ0) is 27.6. The van der Waals surface area contributed by atoms with Crippen LogP contribution < -0.4 is 5.32 Å². The molecule has 3 aromatic carbocycles. The molecular formula is C29H34N2O6S.